The zero-order valence-corrected chi connectivity index (χ0v) is 9.19. The van der Waals surface area contributed by atoms with Gasteiger partial charge in [-0.1, -0.05) is 30.3 Å². The normalized spacial score (nSPS) is 10.1. The van der Waals surface area contributed by atoms with Gasteiger partial charge in [-0.2, -0.15) is 0 Å². The molecule has 0 aliphatic carbocycles. The first-order valence-electron chi connectivity index (χ1n) is 4.20. The van der Waals surface area contributed by atoms with Crippen molar-refractivity contribution in [2.45, 2.75) is 6.92 Å². The molecule has 1 aromatic carbocycles. The lowest BCUT2D eigenvalue weighted by Crippen LogP contribution is -1.95. The molecule has 1 heterocycles. The van der Waals surface area contributed by atoms with Gasteiger partial charge in [0, 0.05) is 5.56 Å². The number of hydrogen-bond donors (Lipinski definition) is 0. The van der Waals surface area contributed by atoms with Crippen molar-refractivity contribution in [1.29, 1.82) is 0 Å². The number of aromatic nitrogens is 3. The molecule has 0 aliphatic rings. The van der Waals surface area contributed by atoms with Gasteiger partial charge in [-0.3, -0.25) is 0 Å². The molecule has 0 bridgehead atoms. The summed E-state index contributed by atoms with van der Waals surface area (Å²) in [5.74, 6) is 0. The van der Waals surface area contributed by atoms with Crippen LogP contribution in [0.25, 0.3) is 11.3 Å². The molecule has 2 rings (SSSR count). The van der Waals surface area contributed by atoms with Crippen molar-refractivity contribution in [1.82, 2.24) is 15.4 Å². The van der Waals surface area contributed by atoms with E-state index in [2.05, 4.69) is 31.3 Å². The Bertz CT molecular complexity index is 442. The SMILES string of the molecule is Cc1nnnc(-c2ccccc2)c1Br. The Kier molecular flexibility index (Phi) is 2.54. The summed E-state index contributed by atoms with van der Waals surface area (Å²) in [5.41, 5.74) is 2.72. The topological polar surface area (TPSA) is 38.7 Å². The zero-order valence-electron chi connectivity index (χ0n) is 7.61. The van der Waals surface area contributed by atoms with Gasteiger partial charge in [0.25, 0.3) is 0 Å². The summed E-state index contributed by atoms with van der Waals surface area (Å²) in [6.45, 7) is 1.89. The van der Waals surface area contributed by atoms with E-state index in [9.17, 15) is 0 Å². The molecule has 0 radical (unpaired) electrons. The van der Waals surface area contributed by atoms with Gasteiger partial charge in [-0.05, 0) is 28.1 Å². The molecular weight excluding hydrogens is 242 g/mol. The largest absolute Gasteiger partial charge is 0.134 e. The lowest BCUT2D eigenvalue weighted by molar-refractivity contribution is 0.837. The van der Waals surface area contributed by atoms with E-state index < -0.39 is 0 Å². The quantitative estimate of drug-likeness (QED) is 0.780. The van der Waals surface area contributed by atoms with Gasteiger partial charge in [0.05, 0.1) is 10.2 Å². The predicted molar refractivity (Wildman–Crippen MR) is 57.7 cm³/mol. The van der Waals surface area contributed by atoms with Gasteiger partial charge < -0.3 is 0 Å². The molecule has 3 nitrogen and oxygen atoms in total. The fraction of sp³-hybridized carbons (Fsp3) is 0.100. The first kappa shape index (κ1) is 9.27. The van der Waals surface area contributed by atoms with Crippen LogP contribution in [0.3, 0.4) is 0 Å². The standard InChI is InChI=1S/C10H8BrN3/c1-7-9(11)10(13-14-12-7)8-5-3-2-4-6-8/h2-6H,1H3. The molecule has 1 aromatic heterocycles. The van der Waals surface area contributed by atoms with Crippen molar-refractivity contribution in [2.75, 3.05) is 0 Å². The van der Waals surface area contributed by atoms with E-state index in [1.807, 2.05) is 37.3 Å². The minimum Gasteiger partial charge on any atom is -0.134 e. The summed E-state index contributed by atoms with van der Waals surface area (Å²) in [6, 6.07) is 9.90. The van der Waals surface area contributed by atoms with Crippen LogP contribution in [-0.4, -0.2) is 15.4 Å². The number of aryl methyl sites for hydroxylation is 1. The summed E-state index contributed by atoms with van der Waals surface area (Å²) < 4.78 is 0.902. The van der Waals surface area contributed by atoms with Crippen LogP contribution in [0.15, 0.2) is 34.8 Å². The molecule has 14 heavy (non-hydrogen) atoms. The van der Waals surface area contributed by atoms with Crippen molar-refractivity contribution in [3.05, 3.63) is 40.5 Å². The Morgan fingerprint density at radius 3 is 2.50 bits per heavy atom. The molecule has 0 atom stereocenters. The van der Waals surface area contributed by atoms with Crippen molar-refractivity contribution in [3.8, 4) is 11.3 Å². The van der Waals surface area contributed by atoms with Gasteiger partial charge in [0.1, 0.15) is 5.69 Å². The maximum Gasteiger partial charge on any atom is 0.111 e. The molecule has 0 unspecified atom stereocenters. The smallest absolute Gasteiger partial charge is 0.111 e. The van der Waals surface area contributed by atoms with Crippen molar-refractivity contribution in [2.24, 2.45) is 0 Å². The van der Waals surface area contributed by atoms with E-state index in [-0.39, 0.29) is 0 Å². The minimum absolute atomic E-state index is 0.832. The molecule has 4 heteroatoms. The highest BCUT2D eigenvalue weighted by molar-refractivity contribution is 9.10. The average molecular weight is 250 g/mol. The van der Waals surface area contributed by atoms with E-state index in [0.29, 0.717) is 0 Å². The molecule has 0 fully saturated rings. The fourth-order valence-electron chi connectivity index (χ4n) is 1.17. The average Bonchev–Trinajstić information content (AvgIpc) is 2.23. The van der Waals surface area contributed by atoms with E-state index in [0.717, 1.165) is 21.4 Å². The lowest BCUT2D eigenvalue weighted by Gasteiger charge is -2.02. The number of halogens is 1. The number of hydrogen-bond acceptors (Lipinski definition) is 3. The number of rotatable bonds is 1. The highest BCUT2D eigenvalue weighted by atomic mass is 79.9. The second-order valence-electron chi connectivity index (χ2n) is 2.90. The molecule has 0 spiro atoms. The Morgan fingerprint density at radius 1 is 1.07 bits per heavy atom. The Labute approximate surface area is 90.3 Å². The molecule has 0 saturated carbocycles. The van der Waals surface area contributed by atoms with Crippen molar-refractivity contribution >= 4 is 15.9 Å². The lowest BCUT2D eigenvalue weighted by atomic mass is 10.1. The summed E-state index contributed by atoms with van der Waals surface area (Å²) in [5, 5.41) is 11.5. The zero-order chi connectivity index (χ0) is 9.97. The highest BCUT2D eigenvalue weighted by Gasteiger charge is 2.07. The first-order chi connectivity index (χ1) is 6.79. The van der Waals surface area contributed by atoms with E-state index in [4.69, 9.17) is 0 Å². The predicted octanol–water partition coefficient (Wildman–Crippen LogP) is 2.61. The van der Waals surface area contributed by atoms with Crippen LogP contribution in [0, 0.1) is 6.92 Å². The van der Waals surface area contributed by atoms with Crippen LogP contribution < -0.4 is 0 Å². The van der Waals surface area contributed by atoms with E-state index >= 15 is 0 Å². The van der Waals surface area contributed by atoms with Crippen LogP contribution in [0.4, 0.5) is 0 Å². The van der Waals surface area contributed by atoms with Crippen LogP contribution in [0.5, 0.6) is 0 Å². The summed E-state index contributed by atoms with van der Waals surface area (Å²) in [7, 11) is 0. The Balaban J connectivity index is 2.58. The summed E-state index contributed by atoms with van der Waals surface area (Å²) in [4.78, 5) is 0. The van der Waals surface area contributed by atoms with Crippen LogP contribution in [0.1, 0.15) is 5.69 Å². The maximum atomic E-state index is 4.00. The highest BCUT2D eigenvalue weighted by Crippen LogP contribution is 2.26. The van der Waals surface area contributed by atoms with E-state index in [1.165, 1.54) is 0 Å². The molecule has 0 aliphatic heterocycles. The van der Waals surface area contributed by atoms with Gasteiger partial charge in [-0.25, -0.2) is 0 Å². The maximum absolute atomic E-state index is 4.00. The van der Waals surface area contributed by atoms with Crippen molar-refractivity contribution < 1.29 is 0 Å². The van der Waals surface area contributed by atoms with Gasteiger partial charge in [0.15, 0.2) is 0 Å². The van der Waals surface area contributed by atoms with Crippen LogP contribution >= 0.6 is 15.9 Å². The minimum atomic E-state index is 0.832. The Morgan fingerprint density at radius 2 is 1.79 bits per heavy atom. The monoisotopic (exact) mass is 249 g/mol. The second-order valence-corrected chi connectivity index (χ2v) is 3.70. The second kappa shape index (κ2) is 3.84. The third kappa shape index (κ3) is 1.65. The van der Waals surface area contributed by atoms with Gasteiger partial charge >= 0.3 is 0 Å². The van der Waals surface area contributed by atoms with Crippen molar-refractivity contribution in [3.63, 3.8) is 0 Å². The molecule has 70 valence electrons. The third-order valence-electron chi connectivity index (χ3n) is 1.91. The summed E-state index contributed by atoms with van der Waals surface area (Å²) >= 11 is 3.45. The third-order valence-corrected chi connectivity index (χ3v) is 2.86. The fourth-order valence-corrected chi connectivity index (χ4v) is 1.56. The molecule has 2 aromatic rings. The molecule has 0 amide bonds. The Hall–Kier alpha value is -1.29. The van der Waals surface area contributed by atoms with Gasteiger partial charge in [-0.15, -0.1) is 10.2 Å². The molecule has 0 N–H and O–H groups in total. The van der Waals surface area contributed by atoms with Crippen LogP contribution in [0.2, 0.25) is 0 Å². The van der Waals surface area contributed by atoms with Crippen LogP contribution in [-0.2, 0) is 0 Å². The number of benzene rings is 1. The number of nitrogens with zero attached hydrogens (tertiary/aromatic N) is 3. The molecule has 0 saturated heterocycles. The molecular formula is C10H8BrN3. The van der Waals surface area contributed by atoms with Gasteiger partial charge in [0.2, 0.25) is 0 Å². The first-order valence-corrected chi connectivity index (χ1v) is 4.99. The van der Waals surface area contributed by atoms with E-state index in [1.54, 1.807) is 0 Å². The summed E-state index contributed by atoms with van der Waals surface area (Å²) in [6.07, 6.45) is 0.